The number of hydrogen-bond donors (Lipinski definition) is 5. The molecule has 7 heterocycles. The number of fused-ring (bicyclic) bond motifs is 15. The van der Waals surface area contributed by atoms with E-state index in [1.165, 1.54) is 134 Å². The second-order valence-electron chi connectivity index (χ2n) is 35.4. The third-order valence-corrected chi connectivity index (χ3v) is 26.1. The van der Waals surface area contributed by atoms with Crippen molar-refractivity contribution >= 4 is 51.6 Å². The molecule has 11 aromatic rings. The fourth-order valence-electron chi connectivity index (χ4n) is 18.2. The van der Waals surface area contributed by atoms with Crippen LogP contribution in [0.5, 0.6) is 5.75 Å². The Labute approximate surface area is 704 Å². The zero-order chi connectivity index (χ0) is 88.1. The molecule has 22 heteroatoms. The van der Waals surface area contributed by atoms with E-state index in [-0.39, 0.29) is 59.7 Å². The number of amides is 5. The number of furan rings is 1. The van der Waals surface area contributed by atoms with Crippen LogP contribution in [-0.4, -0.2) is 109 Å². The molecule has 1 aliphatic heterocycles. The van der Waals surface area contributed by atoms with Gasteiger partial charge in [0.25, 0.3) is 29.5 Å². The van der Waals surface area contributed by atoms with Crippen LogP contribution in [0.4, 0.5) is 0 Å². The molecule has 22 nitrogen and oxygen atoms in total. The Morgan fingerprint density at radius 2 is 0.571 bits per heavy atom. The first-order valence-corrected chi connectivity index (χ1v) is 42.3. The summed E-state index contributed by atoms with van der Waals surface area (Å²) in [7, 11) is 9.59. The number of carbonyl (C=O) groups is 5. The minimum atomic E-state index is -0.201. The quantitative estimate of drug-likeness (QED) is 0.0857. The van der Waals surface area contributed by atoms with Gasteiger partial charge in [-0.05, 0) is 368 Å². The van der Waals surface area contributed by atoms with Crippen molar-refractivity contribution in [3.05, 3.63) is 179 Å². The maximum atomic E-state index is 12.7. The van der Waals surface area contributed by atoms with Gasteiger partial charge in [-0.25, -0.2) is 0 Å². The summed E-state index contributed by atoms with van der Waals surface area (Å²) in [6.45, 7) is 63.2. The SMILES string of the molecule is Cc1c(C)c(C)c2c(c1C)CCCc1c(C(=O)NC(C)C)nn(C)c1-2.Cc1c(C)c(C)c2c(c1C)CCc1c(C(=O)NC(C)C)nn(C)c1-2.Cc1c(C)c(C)c2c(c1C)Cc1c(C(=O)NC(C)C)nn(C)c1-2.Cc1c(C)c(C)c2c(c1C)OCc1c(C(=O)NC(C)C)nn(C)c1-2.Cc1c(C)c(C)c2c(oc3c(C(=O)NC(C)C)nn(C)c32)c1C. The average Bonchev–Trinajstić information content (AvgIpc) is 1.62. The molecule has 0 saturated heterocycles. The van der Waals surface area contributed by atoms with Crippen molar-refractivity contribution in [2.24, 2.45) is 35.2 Å². The van der Waals surface area contributed by atoms with Crippen molar-refractivity contribution in [3.63, 3.8) is 0 Å². The van der Waals surface area contributed by atoms with E-state index in [4.69, 9.17) is 9.15 Å². The normalized spacial score (nSPS) is 12.7. The summed E-state index contributed by atoms with van der Waals surface area (Å²) in [6.07, 6.45) is 5.66. The lowest BCUT2D eigenvalue weighted by molar-refractivity contribution is 0.0926. The molecule has 0 saturated carbocycles. The van der Waals surface area contributed by atoms with Crippen molar-refractivity contribution in [2.45, 2.75) is 283 Å². The zero-order valence-electron chi connectivity index (χ0n) is 77.7. The summed E-state index contributed by atoms with van der Waals surface area (Å²) >= 11 is 0. The Balaban J connectivity index is 0.000000146. The fraction of sp³-hybridized carbons (Fsp3) is 0.485. The van der Waals surface area contributed by atoms with Crippen molar-refractivity contribution < 1.29 is 33.1 Å². The molecule has 0 bridgehead atoms. The number of benzene rings is 5. The van der Waals surface area contributed by atoms with Crippen LogP contribution in [0.25, 0.3) is 67.1 Å². The Morgan fingerprint density at radius 1 is 0.286 bits per heavy atom. The van der Waals surface area contributed by atoms with Crippen LogP contribution in [0.15, 0.2) is 4.42 Å². The topological polar surface area (TPSA) is 257 Å². The molecule has 0 atom stereocenters. The molecular formula is C97H129N15O7. The van der Waals surface area contributed by atoms with Crippen molar-refractivity contribution in [3.8, 4) is 50.8 Å². The van der Waals surface area contributed by atoms with E-state index in [9.17, 15) is 24.0 Å². The highest BCUT2D eigenvalue weighted by atomic mass is 16.5. The van der Waals surface area contributed by atoms with E-state index in [0.29, 0.717) is 40.7 Å². The van der Waals surface area contributed by atoms with Gasteiger partial charge in [-0.2, -0.15) is 25.5 Å². The van der Waals surface area contributed by atoms with Gasteiger partial charge in [0.15, 0.2) is 34.1 Å². The predicted octanol–water partition coefficient (Wildman–Crippen LogP) is 17.9. The van der Waals surface area contributed by atoms with Crippen molar-refractivity contribution in [2.75, 3.05) is 0 Å². The van der Waals surface area contributed by atoms with Crippen LogP contribution in [0, 0.1) is 138 Å². The number of rotatable bonds is 10. The monoisotopic (exact) mass is 1620 g/mol. The zero-order valence-corrected chi connectivity index (χ0v) is 77.7. The molecule has 0 spiro atoms. The van der Waals surface area contributed by atoms with Crippen molar-refractivity contribution in [1.29, 1.82) is 0 Å². The Kier molecular flexibility index (Phi) is 25.5. The summed E-state index contributed by atoms with van der Waals surface area (Å²) in [6, 6.07) is 0.451. The Morgan fingerprint density at radius 3 is 0.992 bits per heavy atom. The third kappa shape index (κ3) is 15.9. The number of hydrogen-bond acceptors (Lipinski definition) is 12. The summed E-state index contributed by atoms with van der Waals surface area (Å²) < 4.78 is 21.4. The lowest BCUT2D eigenvalue weighted by Crippen LogP contribution is -2.31. The van der Waals surface area contributed by atoms with Crippen LogP contribution in [0.1, 0.15) is 278 Å². The van der Waals surface area contributed by atoms with Crippen LogP contribution in [0.3, 0.4) is 0 Å². The van der Waals surface area contributed by atoms with Gasteiger partial charge >= 0.3 is 0 Å². The van der Waals surface area contributed by atoms with E-state index in [0.717, 1.165) is 122 Å². The van der Waals surface area contributed by atoms with Crippen LogP contribution >= 0.6 is 0 Å². The number of nitrogens with zero attached hydrogens (tertiary/aromatic N) is 10. The van der Waals surface area contributed by atoms with Gasteiger partial charge in [0.05, 0.1) is 22.8 Å². The summed E-state index contributed by atoms with van der Waals surface area (Å²) in [5.74, 6) is 0.368. The molecule has 4 aliphatic rings. The summed E-state index contributed by atoms with van der Waals surface area (Å²) in [4.78, 5) is 62.6. The Bertz CT molecular complexity index is 5860. The largest absolute Gasteiger partial charge is 0.488 e. The van der Waals surface area contributed by atoms with Gasteiger partial charge in [-0.1, -0.05) is 0 Å². The highest BCUT2D eigenvalue weighted by Gasteiger charge is 2.37. The predicted molar refractivity (Wildman–Crippen MR) is 479 cm³/mol. The Hall–Kier alpha value is -10.9. The minimum Gasteiger partial charge on any atom is -0.488 e. The molecule has 5 amide bonds. The molecule has 0 radical (unpaired) electrons. The van der Waals surface area contributed by atoms with E-state index in [1.54, 1.807) is 4.68 Å². The molecule has 5 N–H and O–H groups in total. The fourth-order valence-corrected chi connectivity index (χ4v) is 18.2. The second-order valence-corrected chi connectivity index (χ2v) is 35.4. The highest BCUT2D eigenvalue weighted by molar-refractivity contribution is 6.13. The molecule has 0 fully saturated rings. The molecule has 6 aromatic heterocycles. The number of nitrogens with one attached hydrogen (secondary N) is 5. The summed E-state index contributed by atoms with van der Waals surface area (Å²) in [5.41, 5.74) is 48.3. The number of carbonyl (C=O) groups excluding carboxylic acids is 5. The second kappa shape index (κ2) is 34.1. The number of aromatic nitrogens is 10. The molecule has 15 rings (SSSR count). The van der Waals surface area contributed by atoms with Gasteiger partial charge in [0, 0.05) is 122 Å². The molecule has 119 heavy (non-hydrogen) atoms. The van der Waals surface area contributed by atoms with Crippen LogP contribution < -0.4 is 31.3 Å². The first kappa shape index (κ1) is 88.9. The molecule has 5 aromatic carbocycles. The molecule has 634 valence electrons. The molecule has 3 aliphatic carbocycles. The summed E-state index contributed by atoms with van der Waals surface area (Å²) in [5, 5.41) is 38.4. The van der Waals surface area contributed by atoms with Crippen molar-refractivity contribution in [1.82, 2.24) is 75.5 Å². The first-order valence-electron chi connectivity index (χ1n) is 42.3. The van der Waals surface area contributed by atoms with E-state index in [1.807, 2.05) is 123 Å². The lowest BCUT2D eigenvalue weighted by Gasteiger charge is -2.25. The minimum absolute atomic E-state index is 0.0527. The van der Waals surface area contributed by atoms with Gasteiger partial charge in [-0.3, -0.25) is 47.4 Å². The van der Waals surface area contributed by atoms with E-state index in [2.05, 4.69) is 191 Å². The maximum absolute atomic E-state index is 12.7. The van der Waals surface area contributed by atoms with E-state index < -0.39 is 0 Å². The van der Waals surface area contributed by atoms with Gasteiger partial charge in [0.2, 0.25) is 0 Å². The average molecular weight is 1620 g/mol. The van der Waals surface area contributed by atoms with Gasteiger partial charge < -0.3 is 35.7 Å². The lowest BCUT2D eigenvalue weighted by atomic mass is 9.80. The smallest absolute Gasteiger partial charge is 0.275 e. The van der Waals surface area contributed by atoms with E-state index >= 15 is 0 Å². The first-order chi connectivity index (χ1) is 55.7. The molecule has 0 unspecified atom stereocenters. The van der Waals surface area contributed by atoms with Gasteiger partial charge in [0.1, 0.15) is 23.5 Å². The maximum Gasteiger partial charge on any atom is 0.275 e. The highest BCUT2D eigenvalue weighted by Crippen LogP contribution is 2.49. The third-order valence-electron chi connectivity index (χ3n) is 26.1. The standard InChI is InChI=1S/C21H29N3O.C20H27N3O.C19H25N3O2.C19H25N3O.C18H23N3O2/c1-11(2)22-21(25)19-17-10-8-9-16-14(5)12(3)13(4)15(6)18(16)20(17)24(7)23-19;1-10(2)21-20(24)18-16-9-8-15-13(5)11(3)12(4)14(6)17(15)19(16)23(7)22-18;1-9(2)20-19(23)16-14-8-24-18-13(6)11(4)10(3)12(5)15(18)17(14)22(7)21-16;1-9(2)20-19(23)17-15-8-14-12(5)10(3)11(4)13(6)16(14)18(15)22(7)21-17;1-8(2)19-18(22)14-17-15(21(7)20-14)13-11(5)9(3)10(4)12(6)16(13)23-17/h11H,8-10H2,1-7H3,(H,22,25);10H,8-9H2,1-7H3,(H,21,24);9H,8H2,1-7H3,(H,20,23);9H,8H2,1-7H3,(H,20,23);8H,1-7H3,(H,19,22). The van der Waals surface area contributed by atoms with Gasteiger partial charge in [-0.15, -0.1) is 0 Å². The number of aryl methyl sites for hydroxylation is 7. The number of ether oxygens (including phenoxy) is 1. The van der Waals surface area contributed by atoms with Crippen LogP contribution in [0.2, 0.25) is 0 Å². The van der Waals surface area contributed by atoms with Crippen LogP contribution in [-0.2, 0) is 73.9 Å². The molecular weight excluding hydrogens is 1490 g/mol.